The van der Waals surface area contributed by atoms with Crippen LogP contribution in [0.15, 0.2) is 12.7 Å². The van der Waals surface area contributed by atoms with E-state index in [4.69, 9.17) is 14.2 Å². The lowest BCUT2D eigenvalue weighted by atomic mass is 10.1. The van der Waals surface area contributed by atoms with Crippen LogP contribution in [0, 0.1) is 0 Å². The second-order valence-electron chi connectivity index (χ2n) is 4.56. The number of ether oxygens (including phenoxy) is 3. The van der Waals surface area contributed by atoms with E-state index in [0.29, 0.717) is 6.42 Å². The molecule has 0 amide bonds. The van der Waals surface area contributed by atoms with Crippen LogP contribution in [0.2, 0.25) is 0 Å². The van der Waals surface area contributed by atoms with Gasteiger partial charge in [0.1, 0.15) is 5.60 Å². The molecule has 0 aromatic carbocycles. The Hall–Kier alpha value is -1.60. The minimum absolute atomic E-state index is 0.613. The van der Waals surface area contributed by atoms with Gasteiger partial charge in [-0.25, -0.2) is 9.59 Å². The summed E-state index contributed by atoms with van der Waals surface area (Å²) >= 11 is 0. The van der Waals surface area contributed by atoms with Gasteiger partial charge in [-0.15, -0.1) is 0 Å². The highest BCUT2D eigenvalue weighted by Crippen LogP contribution is 2.15. The summed E-state index contributed by atoms with van der Waals surface area (Å²) in [4.78, 5) is 31.1. The van der Waals surface area contributed by atoms with E-state index in [-0.39, 0.29) is 0 Å². The Morgan fingerprint density at radius 2 is 1.85 bits per heavy atom. The zero-order valence-corrected chi connectivity index (χ0v) is 12.5. The third-order valence-corrected chi connectivity index (χ3v) is 2.29. The predicted octanol–water partition coefficient (Wildman–Crippen LogP) is 2.70. The van der Waals surface area contributed by atoms with Crippen molar-refractivity contribution < 1.29 is 33.6 Å². The zero-order chi connectivity index (χ0) is 15.8. The van der Waals surface area contributed by atoms with Crippen LogP contribution in [0.4, 0.5) is 4.79 Å². The molecular formula is C13H22O7. The van der Waals surface area contributed by atoms with Crippen molar-refractivity contribution >= 4 is 12.1 Å². The molecule has 116 valence electrons. The molecule has 0 fully saturated rings. The van der Waals surface area contributed by atoms with Gasteiger partial charge in [-0.05, 0) is 34.1 Å². The third kappa shape index (κ3) is 8.49. The maximum Gasteiger partial charge on any atom is 0.511 e. The fourth-order valence-corrected chi connectivity index (χ4v) is 0.927. The van der Waals surface area contributed by atoms with Gasteiger partial charge in [0, 0.05) is 6.08 Å². The molecule has 20 heavy (non-hydrogen) atoms. The van der Waals surface area contributed by atoms with Gasteiger partial charge in [0.05, 0.1) is 0 Å². The Morgan fingerprint density at radius 3 is 2.35 bits per heavy atom. The molecule has 0 aromatic rings. The molecule has 0 aliphatic heterocycles. The highest BCUT2D eigenvalue weighted by Gasteiger charge is 2.23. The largest absolute Gasteiger partial charge is 0.511 e. The van der Waals surface area contributed by atoms with Gasteiger partial charge in [-0.2, -0.15) is 4.89 Å². The van der Waals surface area contributed by atoms with Gasteiger partial charge in [0.2, 0.25) is 12.6 Å². The number of rotatable bonds is 8. The van der Waals surface area contributed by atoms with Gasteiger partial charge >= 0.3 is 12.1 Å². The van der Waals surface area contributed by atoms with Crippen molar-refractivity contribution in [3.63, 3.8) is 0 Å². The molecule has 0 aromatic heterocycles. The number of hydrogen-bond acceptors (Lipinski definition) is 7. The molecule has 0 heterocycles. The Balaban J connectivity index is 4.03. The van der Waals surface area contributed by atoms with Gasteiger partial charge in [0.15, 0.2) is 0 Å². The third-order valence-electron chi connectivity index (χ3n) is 2.29. The van der Waals surface area contributed by atoms with Crippen LogP contribution in [0.5, 0.6) is 0 Å². The summed E-state index contributed by atoms with van der Waals surface area (Å²) in [6.07, 6.45) is -1.10. The van der Waals surface area contributed by atoms with Crippen molar-refractivity contribution in [3.05, 3.63) is 12.7 Å². The summed E-state index contributed by atoms with van der Waals surface area (Å²) in [5.41, 5.74) is -0.613. The van der Waals surface area contributed by atoms with E-state index in [2.05, 4.69) is 16.4 Å². The Morgan fingerprint density at radius 1 is 1.25 bits per heavy atom. The van der Waals surface area contributed by atoms with Crippen LogP contribution >= 0.6 is 0 Å². The van der Waals surface area contributed by atoms with Crippen molar-refractivity contribution in [3.8, 4) is 0 Å². The van der Waals surface area contributed by atoms with Crippen molar-refractivity contribution in [2.24, 2.45) is 0 Å². The summed E-state index contributed by atoms with van der Waals surface area (Å²) in [5.74, 6) is -0.752. The number of hydrogen-bond donors (Lipinski definition) is 0. The molecule has 0 aliphatic rings. The maximum atomic E-state index is 11.5. The molecular weight excluding hydrogens is 268 g/mol. The molecule has 7 nitrogen and oxygen atoms in total. The SMILES string of the molecule is C=CC(=O)OOC(C)OC(C)OC(=O)OC(C)(C)CC. The van der Waals surface area contributed by atoms with Crippen molar-refractivity contribution in [1.82, 2.24) is 0 Å². The van der Waals surface area contributed by atoms with E-state index in [1.807, 2.05) is 6.92 Å². The van der Waals surface area contributed by atoms with Crippen LogP contribution in [-0.2, 0) is 28.8 Å². The highest BCUT2D eigenvalue weighted by atomic mass is 17.2. The van der Waals surface area contributed by atoms with E-state index in [9.17, 15) is 9.59 Å². The Labute approximate surface area is 118 Å². The summed E-state index contributed by atoms with van der Waals surface area (Å²) in [5, 5.41) is 0. The molecule has 2 unspecified atom stereocenters. The normalized spacial score (nSPS) is 14.1. The standard InChI is InChI=1S/C13H22O7/c1-7-11(14)20-19-10(4)16-9(3)17-12(15)18-13(5,6)8-2/h7,9-10H,1,8H2,2-6H3. The van der Waals surface area contributed by atoms with E-state index in [1.165, 1.54) is 13.8 Å². The minimum Gasteiger partial charge on any atom is -0.428 e. The molecule has 0 radical (unpaired) electrons. The van der Waals surface area contributed by atoms with Crippen molar-refractivity contribution in [2.45, 2.75) is 59.2 Å². The van der Waals surface area contributed by atoms with Gasteiger partial charge in [-0.1, -0.05) is 13.5 Å². The molecule has 0 aliphatic carbocycles. The first kappa shape index (κ1) is 18.4. The fourth-order valence-electron chi connectivity index (χ4n) is 0.927. The molecule has 0 saturated heterocycles. The zero-order valence-electron chi connectivity index (χ0n) is 12.5. The second-order valence-corrected chi connectivity index (χ2v) is 4.56. The topological polar surface area (TPSA) is 80.3 Å². The minimum atomic E-state index is -0.924. The number of carbonyl (C=O) groups excluding carboxylic acids is 2. The lowest BCUT2D eigenvalue weighted by Crippen LogP contribution is -2.31. The van der Waals surface area contributed by atoms with Crippen molar-refractivity contribution in [1.29, 1.82) is 0 Å². The summed E-state index contributed by atoms with van der Waals surface area (Å²) in [7, 11) is 0. The second kappa shape index (κ2) is 8.55. The Bertz CT molecular complexity index is 338. The first-order chi connectivity index (χ1) is 9.20. The first-order valence-electron chi connectivity index (χ1n) is 6.25. The maximum absolute atomic E-state index is 11.5. The molecule has 7 heteroatoms. The summed E-state index contributed by atoms with van der Waals surface area (Å²) in [6, 6.07) is 0. The van der Waals surface area contributed by atoms with E-state index in [1.54, 1.807) is 13.8 Å². The molecule has 0 saturated carbocycles. The van der Waals surface area contributed by atoms with Gasteiger partial charge in [0.25, 0.3) is 0 Å². The van der Waals surface area contributed by atoms with Crippen molar-refractivity contribution in [2.75, 3.05) is 0 Å². The van der Waals surface area contributed by atoms with Crippen LogP contribution in [0.25, 0.3) is 0 Å². The van der Waals surface area contributed by atoms with E-state index < -0.39 is 30.3 Å². The summed E-state index contributed by atoms with van der Waals surface area (Å²) < 4.78 is 15.0. The fraction of sp³-hybridized carbons (Fsp3) is 0.692. The van der Waals surface area contributed by atoms with Crippen LogP contribution in [0.3, 0.4) is 0 Å². The van der Waals surface area contributed by atoms with Gasteiger partial charge < -0.3 is 14.2 Å². The highest BCUT2D eigenvalue weighted by molar-refractivity contribution is 5.80. The van der Waals surface area contributed by atoms with Gasteiger partial charge in [-0.3, -0.25) is 4.89 Å². The quantitative estimate of drug-likeness (QED) is 0.223. The van der Waals surface area contributed by atoms with E-state index >= 15 is 0 Å². The van der Waals surface area contributed by atoms with E-state index in [0.717, 1.165) is 6.08 Å². The smallest absolute Gasteiger partial charge is 0.428 e. The Kier molecular flexibility index (Phi) is 7.86. The lowest BCUT2D eigenvalue weighted by Gasteiger charge is -2.24. The molecule has 0 rings (SSSR count). The molecule has 0 bridgehead atoms. The van der Waals surface area contributed by atoms with Crippen LogP contribution in [-0.4, -0.2) is 30.3 Å². The van der Waals surface area contributed by atoms with Crippen LogP contribution in [0.1, 0.15) is 41.0 Å². The molecule has 0 N–H and O–H groups in total. The first-order valence-corrected chi connectivity index (χ1v) is 6.25. The average Bonchev–Trinajstić information content (AvgIpc) is 2.34. The molecule has 0 spiro atoms. The average molecular weight is 290 g/mol. The molecule has 2 atom stereocenters. The van der Waals surface area contributed by atoms with Crippen LogP contribution < -0.4 is 0 Å². The number of carbonyl (C=O) groups is 2. The summed E-state index contributed by atoms with van der Waals surface area (Å²) in [6.45, 7) is 11.6. The predicted molar refractivity (Wildman–Crippen MR) is 69.3 cm³/mol. The lowest BCUT2D eigenvalue weighted by molar-refractivity contribution is -0.363. The monoisotopic (exact) mass is 290 g/mol.